The van der Waals surface area contributed by atoms with Gasteiger partial charge in [0.1, 0.15) is 0 Å². The Kier molecular flexibility index (Phi) is 3.69. The van der Waals surface area contributed by atoms with Crippen LogP contribution in [0.25, 0.3) is 0 Å². The lowest BCUT2D eigenvalue weighted by molar-refractivity contribution is -0.140. The van der Waals surface area contributed by atoms with Crippen molar-refractivity contribution < 1.29 is 19.4 Å². The maximum absolute atomic E-state index is 10.3. The summed E-state index contributed by atoms with van der Waals surface area (Å²) < 4.78 is 10.7. The fraction of sp³-hybridized carbons (Fsp3) is 0.889. The van der Waals surface area contributed by atoms with Crippen molar-refractivity contribution in [2.75, 3.05) is 6.61 Å². The van der Waals surface area contributed by atoms with Crippen LogP contribution in [0.15, 0.2) is 0 Å². The predicted molar refractivity (Wildman–Crippen MR) is 46.3 cm³/mol. The normalized spacial score (nSPS) is 28.2. The van der Waals surface area contributed by atoms with Crippen LogP contribution in [-0.2, 0) is 14.3 Å². The summed E-state index contributed by atoms with van der Waals surface area (Å²) in [6.07, 6.45) is 0.399. The molecular formula is C9H16O4. The van der Waals surface area contributed by atoms with Crippen LogP contribution in [-0.4, -0.2) is 30.1 Å². The summed E-state index contributed by atoms with van der Waals surface area (Å²) in [6, 6.07) is 0. The number of hydrogen-bond acceptors (Lipinski definition) is 3. The molecule has 0 amide bonds. The average Bonchev–Trinajstić information content (AvgIpc) is 2.33. The van der Waals surface area contributed by atoms with Gasteiger partial charge >= 0.3 is 5.97 Å². The van der Waals surface area contributed by atoms with E-state index in [2.05, 4.69) is 13.8 Å². The molecule has 2 atom stereocenters. The van der Waals surface area contributed by atoms with Gasteiger partial charge in [-0.25, -0.2) is 0 Å². The maximum atomic E-state index is 10.3. The second-order valence-electron chi connectivity index (χ2n) is 3.75. The minimum Gasteiger partial charge on any atom is -0.481 e. The number of aliphatic carboxylic acids is 1. The molecule has 0 bridgehead atoms. The molecule has 1 saturated heterocycles. The lowest BCUT2D eigenvalue weighted by Gasteiger charge is -2.12. The Bertz CT molecular complexity index is 178. The lowest BCUT2D eigenvalue weighted by Crippen LogP contribution is -2.17. The molecule has 0 aliphatic carbocycles. The van der Waals surface area contributed by atoms with E-state index in [1.165, 1.54) is 0 Å². The van der Waals surface area contributed by atoms with E-state index in [0.29, 0.717) is 12.5 Å². The molecule has 76 valence electrons. The van der Waals surface area contributed by atoms with Crippen LogP contribution in [0.4, 0.5) is 0 Å². The third kappa shape index (κ3) is 3.74. The Balaban J connectivity index is 2.24. The quantitative estimate of drug-likeness (QED) is 0.721. The van der Waals surface area contributed by atoms with Gasteiger partial charge in [0, 0.05) is 6.42 Å². The van der Waals surface area contributed by atoms with E-state index in [1.54, 1.807) is 0 Å². The number of carbonyl (C=O) groups is 1. The molecule has 0 aromatic carbocycles. The molecule has 1 N–H and O–H groups in total. The van der Waals surface area contributed by atoms with Crippen molar-refractivity contribution in [2.45, 2.75) is 39.1 Å². The summed E-state index contributed by atoms with van der Waals surface area (Å²) in [5.74, 6) is -0.327. The summed E-state index contributed by atoms with van der Waals surface area (Å²) in [5.41, 5.74) is 0. The molecule has 1 aliphatic heterocycles. The van der Waals surface area contributed by atoms with Crippen LogP contribution < -0.4 is 0 Å². The van der Waals surface area contributed by atoms with Gasteiger partial charge in [0.2, 0.25) is 0 Å². The third-order valence-electron chi connectivity index (χ3n) is 1.88. The zero-order valence-electron chi connectivity index (χ0n) is 8.03. The highest BCUT2D eigenvalue weighted by Gasteiger charge is 2.27. The summed E-state index contributed by atoms with van der Waals surface area (Å²) in [6.45, 7) is 4.57. The van der Waals surface area contributed by atoms with Gasteiger partial charge in [-0.1, -0.05) is 13.8 Å². The van der Waals surface area contributed by atoms with E-state index < -0.39 is 5.97 Å². The van der Waals surface area contributed by atoms with E-state index >= 15 is 0 Å². The van der Waals surface area contributed by atoms with Gasteiger partial charge in [-0.2, -0.15) is 0 Å². The maximum Gasteiger partial charge on any atom is 0.306 e. The predicted octanol–water partition coefficient (Wildman–Crippen LogP) is 1.25. The van der Waals surface area contributed by atoms with Crippen molar-refractivity contribution in [1.82, 2.24) is 0 Å². The van der Waals surface area contributed by atoms with Crippen molar-refractivity contribution in [2.24, 2.45) is 5.92 Å². The zero-order chi connectivity index (χ0) is 9.84. The topological polar surface area (TPSA) is 55.8 Å². The highest BCUT2D eigenvalue weighted by atomic mass is 16.7. The summed E-state index contributed by atoms with van der Waals surface area (Å²) in [5, 5.41) is 8.51. The molecule has 1 rings (SSSR count). The lowest BCUT2D eigenvalue weighted by atomic mass is 10.1. The van der Waals surface area contributed by atoms with Crippen LogP contribution in [0.1, 0.15) is 26.7 Å². The molecule has 13 heavy (non-hydrogen) atoms. The first-order valence-electron chi connectivity index (χ1n) is 4.56. The Labute approximate surface area is 77.8 Å². The van der Waals surface area contributed by atoms with Crippen LogP contribution >= 0.6 is 0 Å². The van der Waals surface area contributed by atoms with Crippen LogP contribution in [0.5, 0.6) is 0 Å². The number of hydrogen-bond donors (Lipinski definition) is 1. The van der Waals surface area contributed by atoms with Gasteiger partial charge < -0.3 is 14.6 Å². The number of carboxylic acids is 1. The minimum absolute atomic E-state index is 0.0363. The monoisotopic (exact) mass is 188 g/mol. The Morgan fingerprint density at radius 1 is 1.62 bits per heavy atom. The first-order chi connectivity index (χ1) is 6.08. The summed E-state index contributed by atoms with van der Waals surface area (Å²) >= 11 is 0. The molecule has 0 saturated carbocycles. The number of ether oxygens (including phenoxy) is 2. The fourth-order valence-corrected chi connectivity index (χ4v) is 1.32. The molecule has 2 unspecified atom stereocenters. The van der Waals surface area contributed by atoms with Crippen molar-refractivity contribution in [3.63, 3.8) is 0 Å². The molecule has 1 fully saturated rings. The smallest absolute Gasteiger partial charge is 0.306 e. The first-order valence-corrected chi connectivity index (χ1v) is 4.56. The van der Waals surface area contributed by atoms with Gasteiger partial charge in [0.05, 0.1) is 19.1 Å². The standard InChI is InChI=1S/C9H16O4/c1-6(2)3-9-12-5-7(13-9)4-8(10)11/h6-7,9H,3-5H2,1-2H3,(H,10,11). The van der Waals surface area contributed by atoms with E-state index in [1.807, 2.05) is 0 Å². The van der Waals surface area contributed by atoms with Crippen molar-refractivity contribution >= 4 is 5.97 Å². The molecule has 4 heteroatoms. The van der Waals surface area contributed by atoms with E-state index in [0.717, 1.165) is 6.42 Å². The number of carboxylic acid groups (broad SMARTS) is 1. The molecule has 0 aromatic rings. The SMILES string of the molecule is CC(C)CC1OCC(CC(=O)O)O1. The van der Waals surface area contributed by atoms with Crippen LogP contribution in [0, 0.1) is 5.92 Å². The first kappa shape index (κ1) is 10.5. The molecule has 4 nitrogen and oxygen atoms in total. The summed E-state index contributed by atoms with van der Waals surface area (Å²) in [4.78, 5) is 10.3. The Morgan fingerprint density at radius 3 is 2.85 bits per heavy atom. The largest absolute Gasteiger partial charge is 0.481 e. The van der Waals surface area contributed by atoms with Gasteiger partial charge in [0.25, 0.3) is 0 Å². The molecule has 1 heterocycles. The molecule has 1 aliphatic rings. The van der Waals surface area contributed by atoms with Crippen molar-refractivity contribution in [3.05, 3.63) is 0 Å². The Morgan fingerprint density at radius 2 is 2.31 bits per heavy atom. The molecule has 0 aromatic heterocycles. The van der Waals surface area contributed by atoms with Gasteiger partial charge in [-0.15, -0.1) is 0 Å². The van der Waals surface area contributed by atoms with Gasteiger partial charge in [-0.3, -0.25) is 4.79 Å². The molecule has 0 radical (unpaired) electrons. The third-order valence-corrected chi connectivity index (χ3v) is 1.88. The second kappa shape index (κ2) is 4.58. The van der Waals surface area contributed by atoms with Crippen molar-refractivity contribution in [1.29, 1.82) is 0 Å². The van der Waals surface area contributed by atoms with E-state index in [-0.39, 0.29) is 18.8 Å². The van der Waals surface area contributed by atoms with Crippen LogP contribution in [0.2, 0.25) is 0 Å². The molecule has 0 spiro atoms. The van der Waals surface area contributed by atoms with E-state index in [9.17, 15) is 4.79 Å². The van der Waals surface area contributed by atoms with Crippen LogP contribution in [0.3, 0.4) is 0 Å². The number of rotatable bonds is 4. The van der Waals surface area contributed by atoms with Gasteiger partial charge in [-0.05, 0) is 5.92 Å². The fourth-order valence-electron chi connectivity index (χ4n) is 1.32. The molecular weight excluding hydrogens is 172 g/mol. The van der Waals surface area contributed by atoms with Crippen molar-refractivity contribution in [3.8, 4) is 0 Å². The minimum atomic E-state index is -0.834. The Hall–Kier alpha value is -0.610. The summed E-state index contributed by atoms with van der Waals surface area (Å²) in [7, 11) is 0. The highest BCUT2D eigenvalue weighted by molar-refractivity contribution is 5.67. The van der Waals surface area contributed by atoms with E-state index in [4.69, 9.17) is 14.6 Å². The second-order valence-corrected chi connectivity index (χ2v) is 3.75. The average molecular weight is 188 g/mol. The van der Waals surface area contributed by atoms with Gasteiger partial charge in [0.15, 0.2) is 6.29 Å². The highest BCUT2D eigenvalue weighted by Crippen LogP contribution is 2.19. The zero-order valence-corrected chi connectivity index (χ0v) is 8.03.